The molecule has 13 heavy (non-hydrogen) atoms. The average molecular weight is 180 g/mol. The van der Waals surface area contributed by atoms with Crippen LogP contribution in [-0.4, -0.2) is 17.6 Å². The lowest BCUT2D eigenvalue weighted by atomic mass is 10.0. The SMILES string of the molecule is NCCc1cc(N)ccc1C(=O)O. The van der Waals surface area contributed by atoms with Gasteiger partial charge in [-0.15, -0.1) is 0 Å². The molecule has 0 saturated heterocycles. The molecule has 0 aliphatic rings. The van der Waals surface area contributed by atoms with E-state index in [9.17, 15) is 4.79 Å². The molecule has 4 nitrogen and oxygen atoms in total. The Kier molecular flexibility index (Phi) is 2.87. The van der Waals surface area contributed by atoms with Gasteiger partial charge in [0, 0.05) is 5.69 Å². The summed E-state index contributed by atoms with van der Waals surface area (Å²) in [4.78, 5) is 10.7. The highest BCUT2D eigenvalue weighted by atomic mass is 16.4. The van der Waals surface area contributed by atoms with Crippen LogP contribution in [0.2, 0.25) is 0 Å². The summed E-state index contributed by atoms with van der Waals surface area (Å²) in [6.07, 6.45) is 0.534. The monoisotopic (exact) mass is 180 g/mol. The van der Waals surface area contributed by atoms with Crippen molar-refractivity contribution in [1.82, 2.24) is 0 Å². The average Bonchev–Trinajstić information content (AvgIpc) is 2.04. The fraction of sp³-hybridized carbons (Fsp3) is 0.222. The van der Waals surface area contributed by atoms with Crippen LogP contribution in [0, 0.1) is 0 Å². The third-order valence-corrected chi connectivity index (χ3v) is 1.77. The van der Waals surface area contributed by atoms with E-state index < -0.39 is 5.97 Å². The second-order valence-corrected chi connectivity index (χ2v) is 2.76. The number of carboxylic acids is 1. The van der Waals surface area contributed by atoms with Gasteiger partial charge in [0.15, 0.2) is 0 Å². The van der Waals surface area contributed by atoms with Gasteiger partial charge in [0.25, 0.3) is 0 Å². The van der Waals surface area contributed by atoms with E-state index in [1.54, 1.807) is 12.1 Å². The number of carbonyl (C=O) groups is 1. The van der Waals surface area contributed by atoms with Gasteiger partial charge in [0.05, 0.1) is 5.56 Å². The molecule has 0 heterocycles. The van der Waals surface area contributed by atoms with Gasteiger partial charge in [-0.3, -0.25) is 0 Å². The van der Waals surface area contributed by atoms with Crippen LogP contribution in [0.4, 0.5) is 5.69 Å². The number of carboxylic acid groups (broad SMARTS) is 1. The first kappa shape index (κ1) is 9.54. The van der Waals surface area contributed by atoms with Crippen molar-refractivity contribution in [2.75, 3.05) is 12.3 Å². The van der Waals surface area contributed by atoms with Crippen molar-refractivity contribution in [1.29, 1.82) is 0 Å². The Morgan fingerprint density at radius 2 is 2.15 bits per heavy atom. The van der Waals surface area contributed by atoms with Crippen LogP contribution in [0.15, 0.2) is 18.2 Å². The van der Waals surface area contributed by atoms with Crippen molar-refractivity contribution >= 4 is 11.7 Å². The van der Waals surface area contributed by atoms with E-state index in [1.807, 2.05) is 0 Å². The minimum Gasteiger partial charge on any atom is -0.478 e. The first-order valence-corrected chi connectivity index (χ1v) is 3.97. The largest absolute Gasteiger partial charge is 0.478 e. The number of rotatable bonds is 3. The fourth-order valence-electron chi connectivity index (χ4n) is 1.18. The van der Waals surface area contributed by atoms with E-state index in [1.165, 1.54) is 6.07 Å². The van der Waals surface area contributed by atoms with E-state index in [2.05, 4.69) is 0 Å². The standard InChI is InChI=1S/C9H12N2O2/c10-4-3-6-5-7(11)1-2-8(6)9(12)13/h1-2,5H,3-4,10-11H2,(H,12,13). The molecule has 0 unspecified atom stereocenters. The molecule has 0 radical (unpaired) electrons. The Labute approximate surface area is 76.2 Å². The van der Waals surface area contributed by atoms with Crippen LogP contribution in [0.25, 0.3) is 0 Å². The lowest BCUT2D eigenvalue weighted by molar-refractivity contribution is 0.0696. The summed E-state index contributed by atoms with van der Waals surface area (Å²) in [5.41, 5.74) is 12.4. The fourth-order valence-corrected chi connectivity index (χ4v) is 1.18. The van der Waals surface area contributed by atoms with Gasteiger partial charge in [0.1, 0.15) is 0 Å². The number of nitrogens with two attached hydrogens (primary N) is 2. The molecule has 0 amide bonds. The molecule has 1 aromatic carbocycles. The van der Waals surface area contributed by atoms with Crippen LogP contribution >= 0.6 is 0 Å². The third-order valence-electron chi connectivity index (χ3n) is 1.77. The first-order chi connectivity index (χ1) is 6.15. The van der Waals surface area contributed by atoms with Crippen LogP contribution < -0.4 is 11.5 Å². The zero-order valence-electron chi connectivity index (χ0n) is 7.16. The van der Waals surface area contributed by atoms with Gasteiger partial charge in [-0.25, -0.2) is 4.79 Å². The molecular formula is C9H12N2O2. The summed E-state index contributed by atoms with van der Waals surface area (Å²) < 4.78 is 0. The highest BCUT2D eigenvalue weighted by Crippen LogP contribution is 2.13. The Morgan fingerprint density at radius 3 is 2.69 bits per heavy atom. The summed E-state index contributed by atoms with van der Waals surface area (Å²) in [6, 6.07) is 4.72. The van der Waals surface area contributed by atoms with Crippen molar-refractivity contribution in [2.24, 2.45) is 5.73 Å². The maximum atomic E-state index is 10.7. The molecule has 0 bridgehead atoms. The zero-order valence-corrected chi connectivity index (χ0v) is 7.16. The molecule has 5 N–H and O–H groups in total. The van der Waals surface area contributed by atoms with Crippen LogP contribution in [0.5, 0.6) is 0 Å². The lowest BCUT2D eigenvalue weighted by Crippen LogP contribution is -2.09. The third kappa shape index (κ3) is 2.19. The van der Waals surface area contributed by atoms with Gasteiger partial charge in [-0.2, -0.15) is 0 Å². The molecule has 70 valence electrons. The normalized spacial score (nSPS) is 9.92. The lowest BCUT2D eigenvalue weighted by Gasteiger charge is -2.05. The smallest absolute Gasteiger partial charge is 0.335 e. The maximum absolute atomic E-state index is 10.7. The molecule has 0 saturated carbocycles. The Balaban J connectivity index is 3.10. The molecule has 1 aromatic rings. The van der Waals surface area contributed by atoms with Crippen molar-refractivity contribution < 1.29 is 9.90 Å². The van der Waals surface area contributed by atoms with Crippen molar-refractivity contribution in [2.45, 2.75) is 6.42 Å². The Hall–Kier alpha value is -1.55. The molecule has 0 aliphatic carbocycles. The zero-order chi connectivity index (χ0) is 9.84. The predicted molar refractivity (Wildman–Crippen MR) is 50.6 cm³/mol. The number of hydrogen-bond acceptors (Lipinski definition) is 3. The molecule has 0 atom stereocenters. The van der Waals surface area contributed by atoms with Gasteiger partial charge >= 0.3 is 5.97 Å². The molecular weight excluding hydrogens is 168 g/mol. The summed E-state index contributed by atoms with van der Waals surface area (Å²) in [7, 11) is 0. The predicted octanol–water partition coefficient (Wildman–Crippen LogP) is 0.468. The summed E-state index contributed by atoms with van der Waals surface area (Å²) in [6.45, 7) is 0.420. The molecule has 1 rings (SSSR count). The highest BCUT2D eigenvalue weighted by Gasteiger charge is 2.08. The van der Waals surface area contributed by atoms with Gasteiger partial charge < -0.3 is 16.6 Å². The van der Waals surface area contributed by atoms with Crippen LogP contribution in [-0.2, 0) is 6.42 Å². The number of nitrogen functional groups attached to an aromatic ring is 1. The molecule has 0 spiro atoms. The quantitative estimate of drug-likeness (QED) is 0.590. The topological polar surface area (TPSA) is 89.3 Å². The minimum atomic E-state index is -0.941. The van der Waals surface area contributed by atoms with Crippen LogP contribution in [0.3, 0.4) is 0 Å². The van der Waals surface area contributed by atoms with E-state index >= 15 is 0 Å². The van der Waals surface area contributed by atoms with E-state index in [0.717, 1.165) is 0 Å². The van der Waals surface area contributed by atoms with Gasteiger partial charge in [-0.05, 0) is 36.7 Å². The molecule has 4 heteroatoms. The van der Waals surface area contributed by atoms with E-state index in [-0.39, 0.29) is 5.56 Å². The number of hydrogen-bond donors (Lipinski definition) is 3. The van der Waals surface area contributed by atoms with Crippen LogP contribution in [0.1, 0.15) is 15.9 Å². The van der Waals surface area contributed by atoms with Crippen molar-refractivity contribution in [3.8, 4) is 0 Å². The molecule has 0 fully saturated rings. The summed E-state index contributed by atoms with van der Waals surface area (Å²) in [5, 5.41) is 8.80. The first-order valence-electron chi connectivity index (χ1n) is 3.97. The number of benzene rings is 1. The second kappa shape index (κ2) is 3.91. The summed E-state index contributed by atoms with van der Waals surface area (Å²) in [5.74, 6) is -0.941. The van der Waals surface area contributed by atoms with Gasteiger partial charge in [-0.1, -0.05) is 0 Å². The summed E-state index contributed by atoms with van der Waals surface area (Å²) >= 11 is 0. The maximum Gasteiger partial charge on any atom is 0.335 e. The second-order valence-electron chi connectivity index (χ2n) is 2.76. The molecule has 0 aromatic heterocycles. The van der Waals surface area contributed by atoms with E-state index in [0.29, 0.717) is 24.2 Å². The van der Waals surface area contributed by atoms with Crippen molar-refractivity contribution in [3.63, 3.8) is 0 Å². The Bertz CT molecular complexity index is 323. The Morgan fingerprint density at radius 1 is 1.46 bits per heavy atom. The van der Waals surface area contributed by atoms with Gasteiger partial charge in [0.2, 0.25) is 0 Å². The minimum absolute atomic E-state index is 0.277. The number of anilines is 1. The molecule has 0 aliphatic heterocycles. The highest BCUT2D eigenvalue weighted by molar-refractivity contribution is 5.89. The van der Waals surface area contributed by atoms with Crippen molar-refractivity contribution in [3.05, 3.63) is 29.3 Å². The number of aromatic carboxylic acids is 1. The van der Waals surface area contributed by atoms with E-state index in [4.69, 9.17) is 16.6 Å².